The molecule has 0 N–H and O–H groups in total. The molecule has 0 fully saturated rings. The highest BCUT2D eigenvalue weighted by Crippen LogP contribution is 2.11. The Kier molecular flexibility index (Phi) is 6.74. The van der Waals surface area contributed by atoms with E-state index < -0.39 is 0 Å². The molecule has 1 atom stereocenters. The van der Waals surface area contributed by atoms with Crippen molar-refractivity contribution in [3.8, 4) is 12.3 Å². The summed E-state index contributed by atoms with van der Waals surface area (Å²) in [6, 6.07) is 7.65. The summed E-state index contributed by atoms with van der Waals surface area (Å²) < 4.78 is 5.23. The number of carbonyl (C=O) groups excluding carboxylic acids is 1. The molecule has 0 radical (unpaired) electrons. The molecule has 0 aliphatic heterocycles. The summed E-state index contributed by atoms with van der Waals surface area (Å²) >= 11 is 0. The summed E-state index contributed by atoms with van der Waals surface area (Å²) in [7, 11) is 0. The number of esters is 1. The third-order valence-electron chi connectivity index (χ3n) is 2.97. The molecule has 1 unspecified atom stereocenters. The number of ether oxygens (including phenoxy) is 1. The van der Waals surface area contributed by atoms with Crippen molar-refractivity contribution in [3.05, 3.63) is 35.4 Å². The molecule has 19 heavy (non-hydrogen) atoms. The van der Waals surface area contributed by atoms with Crippen LogP contribution in [0.25, 0.3) is 0 Å². The largest absolute Gasteiger partial charge is 0.458 e. The Morgan fingerprint density at radius 3 is 2.58 bits per heavy atom. The molecule has 1 rings (SSSR count). The van der Waals surface area contributed by atoms with Gasteiger partial charge in [-0.05, 0) is 37.5 Å². The van der Waals surface area contributed by atoms with E-state index in [4.69, 9.17) is 11.2 Å². The van der Waals surface area contributed by atoms with E-state index in [2.05, 4.69) is 12.8 Å². The van der Waals surface area contributed by atoms with Crippen LogP contribution < -0.4 is 0 Å². The molecular formula is C17H22O2. The monoisotopic (exact) mass is 258 g/mol. The fraction of sp³-hybridized carbons (Fsp3) is 0.471. The van der Waals surface area contributed by atoms with E-state index in [1.54, 1.807) is 6.92 Å². The SMILES string of the molecule is C#CCC(C)OC(=O)c1ccc(CCCCC)cc1. The summed E-state index contributed by atoms with van der Waals surface area (Å²) in [4.78, 5) is 11.8. The normalized spacial score (nSPS) is 11.6. The first-order valence-corrected chi connectivity index (χ1v) is 6.90. The number of hydrogen-bond acceptors (Lipinski definition) is 2. The first-order valence-electron chi connectivity index (χ1n) is 6.90. The number of carbonyl (C=O) groups is 1. The van der Waals surface area contributed by atoms with Gasteiger partial charge in [0, 0.05) is 6.42 Å². The molecule has 0 amide bonds. The summed E-state index contributed by atoms with van der Waals surface area (Å²) in [5.74, 6) is 2.18. The lowest BCUT2D eigenvalue weighted by Gasteiger charge is -2.10. The van der Waals surface area contributed by atoms with Gasteiger partial charge in [-0.2, -0.15) is 0 Å². The minimum Gasteiger partial charge on any atom is -0.458 e. The van der Waals surface area contributed by atoms with Crippen molar-refractivity contribution in [1.29, 1.82) is 0 Å². The number of benzene rings is 1. The van der Waals surface area contributed by atoms with Crippen LogP contribution in [0.5, 0.6) is 0 Å². The van der Waals surface area contributed by atoms with Gasteiger partial charge < -0.3 is 4.74 Å². The predicted molar refractivity (Wildman–Crippen MR) is 78.0 cm³/mol. The van der Waals surface area contributed by atoms with Crippen LogP contribution in [0.3, 0.4) is 0 Å². The fourth-order valence-corrected chi connectivity index (χ4v) is 1.85. The van der Waals surface area contributed by atoms with Crippen molar-refractivity contribution < 1.29 is 9.53 Å². The Morgan fingerprint density at radius 2 is 2.00 bits per heavy atom. The minimum atomic E-state index is -0.303. The second-order valence-corrected chi connectivity index (χ2v) is 4.78. The maximum Gasteiger partial charge on any atom is 0.338 e. The molecule has 0 spiro atoms. The molecule has 1 aromatic rings. The number of rotatable bonds is 7. The third kappa shape index (κ3) is 5.61. The second-order valence-electron chi connectivity index (χ2n) is 4.78. The van der Waals surface area contributed by atoms with Gasteiger partial charge >= 0.3 is 5.97 Å². The van der Waals surface area contributed by atoms with Gasteiger partial charge in [-0.15, -0.1) is 12.3 Å². The number of hydrogen-bond donors (Lipinski definition) is 0. The van der Waals surface area contributed by atoms with Crippen molar-refractivity contribution in [1.82, 2.24) is 0 Å². The molecule has 102 valence electrons. The first-order chi connectivity index (χ1) is 9.17. The van der Waals surface area contributed by atoms with Gasteiger partial charge in [0.15, 0.2) is 0 Å². The van der Waals surface area contributed by atoms with E-state index in [-0.39, 0.29) is 12.1 Å². The van der Waals surface area contributed by atoms with Crippen LogP contribution in [0.4, 0.5) is 0 Å². The summed E-state index contributed by atoms with van der Waals surface area (Å²) in [6.45, 7) is 3.99. The van der Waals surface area contributed by atoms with E-state index >= 15 is 0 Å². The van der Waals surface area contributed by atoms with E-state index in [0.29, 0.717) is 12.0 Å². The molecule has 2 heteroatoms. The van der Waals surface area contributed by atoms with Crippen molar-refractivity contribution in [3.63, 3.8) is 0 Å². The number of terminal acetylenes is 1. The maximum absolute atomic E-state index is 11.8. The van der Waals surface area contributed by atoms with Crippen LogP contribution in [-0.2, 0) is 11.2 Å². The van der Waals surface area contributed by atoms with Gasteiger partial charge in [-0.25, -0.2) is 4.79 Å². The zero-order chi connectivity index (χ0) is 14.1. The Labute approximate surface area is 116 Å². The molecule has 1 aromatic carbocycles. The van der Waals surface area contributed by atoms with Gasteiger partial charge in [-0.1, -0.05) is 31.9 Å². The first kappa shape index (κ1) is 15.3. The van der Waals surface area contributed by atoms with Gasteiger partial charge in [0.1, 0.15) is 6.10 Å². The van der Waals surface area contributed by atoms with E-state index in [9.17, 15) is 4.79 Å². The van der Waals surface area contributed by atoms with E-state index in [1.165, 1.54) is 24.8 Å². The third-order valence-corrected chi connectivity index (χ3v) is 2.97. The summed E-state index contributed by atoms with van der Waals surface area (Å²) in [6.07, 6.45) is 10.1. The van der Waals surface area contributed by atoms with Crippen molar-refractivity contribution >= 4 is 5.97 Å². The summed E-state index contributed by atoms with van der Waals surface area (Å²) in [5.41, 5.74) is 1.85. The second kappa shape index (κ2) is 8.37. The molecule has 0 saturated heterocycles. The van der Waals surface area contributed by atoms with Crippen LogP contribution in [0.1, 0.15) is 55.5 Å². The zero-order valence-corrected chi connectivity index (χ0v) is 11.8. The van der Waals surface area contributed by atoms with Crippen molar-refractivity contribution in [2.24, 2.45) is 0 Å². The number of unbranched alkanes of at least 4 members (excludes halogenated alkanes) is 2. The van der Waals surface area contributed by atoms with E-state index in [1.807, 2.05) is 24.3 Å². The van der Waals surface area contributed by atoms with Gasteiger partial charge in [0.05, 0.1) is 5.56 Å². The average Bonchev–Trinajstić information content (AvgIpc) is 2.40. The smallest absolute Gasteiger partial charge is 0.338 e. The van der Waals surface area contributed by atoms with Crippen molar-refractivity contribution in [2.45, 2.75) is 52.1 Å². The quantitative estimate of drug-likeness (QED) is 0.420. The highest BCUT2D eigenvalue weighted by Gasteiger charge is 2.10. The Balaban J connectivity index is 2.51. The fourth-order valence-electron chi connectivity index (χ4n) is 1.85. The van der Waals surface area contributed by atoms with E-state index in [0.717, 1.165) is 6.42 Å². The van der Waals surface area contributed by atoms with Crippen molar-refractivity contribution in [2.75, 3.05) is 0 Å². The average molecular weight is 258 g/mol. The molecule has 0 aliphatic rings. The maximum atomic E-state index is 11.8. The van der Waals surface area contributed by atoms with Gasteiger partial charge in [0.2, 0.25) is 0 Å². The van der Waals surface area contributed by atoms with Crippen LogP contribution in [0.15, 0.2) is 24.3 Å². The highest BCUT2D eigenvalue weighted by atomic mass is 16.5. The lowest BCUT2D eigenvalue weighted by atomic mass is 10.1. The molecule has 0 bridgehead atoms. The zero-order valence-electron chi connectivity index (χ0n) is 11.8. The van der Waals surface area contributed by atoms with Gasteiger partial charge in [0.25, 0.3) is 0 Å². The lowest BCUT2D eigenvalue weighted by molar-refractivity contribution is 0.0352. The summed E-state index contributed by atoms with van der Waals surface area (Å²) in [5, 5.41) is 0. The predicted octanol–water partition coefficient (Wildman–Crippen LogP) is 3.99. The molecule has 0 aliphatic carbocycles. The molecule has 0 heterocycles. The Hall–Kier alpha value is -1.75. The topological polar surface area (TPSA) is 26.3 Å². The highest BCUT2D eigenvalue weighted by molar-refractivity contribution is 5.89. The van der Waals surface area contributed by atoms with Crippen LogP contribution in [-0.4, -0.2) is 12.1 Å². The number of aryl methyl sites for hydroxylation is 1. The Bertz CT molecular complexity index is 426. The lowest BCUT2D eigenvalue weighted by Crippen LogP contribution is -2.14. The molecule has 2 nitrogen and oxygen atoms in total. The Morgan fingerprint density at radius 1 is 1.32 bits per heavy atom. The minimum absolute atomic E-state index is 0.235. The standard InChI is InChI=1S/C17H22O2/c1-4-6-7-9-15-10-12-16(13-11-15)17(18)19-14(3)8-5-2/h2,10-14H,4,6-9H2,1,3H3. The molecule has 0 aromatic heterocycles. The molecule has 0 saturated carbocycles. The van der Waals surface area contributed by atoms with Crippen LogP contribution in [0.2, 0.25) is 0 Å². The van der Waals surface area contributed by atoms with Gasteiger partial charge in [-0.3, -0.25) is 0 Å². The van der Waals surface area contributed by atoms with Crippen LogP contribution >= 0.6 is 0 Å². The molecular weight excluding hydrogens is 236 g/mol. The van der Waals surface area contributed by atoms with Crippen LogP contribution in [0, 0.1) is 12.3 Å².